The zero-order chi connectivity index (χ0) is 24.4. The van der Waals surface area contributed by atoms with Gasteiger partial charge in [-0.3, -0.25) is 19.2 Å². The lowest BCUT2D eigenvalue weighted by Crippen LogP contribution is -2.41. The van der Waals surface area contributed by atoms with Gasteiger partial charge < -0.3 is 9.47 Å². The molecule has 2 atom stereocenters. The average Bonchev–Trinajstić information content (AvgIpc) is 3.08. The highest BCUT2D eigenvalue weighted by Gasteiger charge is 2.61. The predicted molar refractivity (Wildman–Crippen MR) is 125 cm³/mol. The molecule has 0 N–H and O–H groups in total. The van der Waals surface area contributed by atoms with Crippen LogP contribution >= 0.6 is 0 Å². The van der Waals surface area contributed by atoms with E-state index in [9.17, 15) is 19.2 Å². The fourth-order valence-electron chi connectivity index (χ4n) is 6.07. The largest absolute Gasteiger partial charge is 0.427 e. The molecule has 7 rings (SSSR count). The molecule has 1 fully saturated rings. The Bertz CT molecular complexity index is 1290. The van der Waals surface area contributed by atoms with Gasteiger partial charge in [-0.25, -0.2) is 4.90 Å². The van der Waals surface area contributed by atoms with Gasteiger partial charge in [0.2, 0.25) is 11.8 Å². The van der Waals surface area contributed by atoms with E-state index < -0.39 is 23.8 Å². The maximum absolute atomic E-state index is 13.9. The number of imide groups is 1. The molecule has 35 heavy (non-hydrogen) atoms. The van der Waals surface area contributed by atoms with E-state index in [0.717, 1.165) is 27.2 Å². The van der Waals surface area contributed by atoms with Gasteiger partial charge in [0.25, 0.3) is 0 Å². The van der Waals surface area contributed by atoms with Crippen molar-refractivity contribution in [2.75, 3.05) is 4.90 Å². The first-order chi connectivity index (χ1) is 16.8. The predicted octanol–water partition coefficient (Wildman–Crippen LogP) is 3.93. The summed E-state index contributed by atoms with van der Waals surface area (Å²) >= 11 is 0. The summed E-state index contributed by atoms with van der Waals surface area (Å²) in [4.78, 5) is 52.2. The summed E-state index contributed by atoms with van der Waals surface area (Å²) in [5.74, 6) is -3.18. The summed E-state index contributed by atoms with van der Waals surface area (Å²) in [6.45, 7) is 2.48. The Hall–Kier alpha value is -4.26. The molecular formula is C28H21NO6. The lowest BCUT2D eigenvalue weighted by molar-refractivity contribution is -0.132. The van der Waals surface area contributed by atoms with Crippen molar-refractivity contribution in [1.82, 2.24) is 0 Å². The van der Waals surface area contributed by atoms with Crippen molar-refractivity contribution in [2.24, 2.45) is 11.8 Å². The molecule has 0 aromatic heterocycles. The first-order valence-corrected chi connectivity index (χ1v) is 11.4. The van der Waals surface area contributed by atoms with Gasteiger partial charge in [-0.15, -0.1) is 0 Å². The first-order valence-electron chi connectivity index (χ1n) is 11.4. The Balaban J connectivity index is 1.49. The molecule has 2 amide bonds. The average molecular weight is 467 g/mol. The quantitative estimate of drug-likeness (QED) is 0.329. The zero-order valence-electron chi connectivity index (χ0n) is 19.1. The molecule has 7 heteroatoms. The number of anilines is 1. The maximum atomic E-state index is 13.9. The minimum absolute atomic E-state index is 0.0799. The number of hydrogen-bond acceptors (Lipinski definition) is 6. The number of carbonyl (C=O) groups is 4. The molecule has 1 aliphatic heterocycles. The third kappa shape index (κ3) is 3.11. The van der Waals surface area contributed by atoms with E-state index in [1.807, 2.05) is 48.5 Å². The van der Waals surface area contributed by atoms with Crippen molar-refractivity contribution < 1.29 is 28.7 Å². The fraction of sp³-hybridized carbons (Fsp3) is 0.214. The van der Waals surface area contributed by atoms with Gasteiger partial charge >= 0.3 is 11.9 Å². The van der Waals surface area contributed by atoms with Gasteiger partial charge in [0.05, 0.1) is 17.5 Å². The smallest absolute Gasteiger partial charge is 0.308 e. The Kier molecular flexibility index (Phi) is 4.64. The summed E-state index contributed by atoms with van der Waals surface area (Å²) in [7, 11) is 0. The Morgan fingerprint density at radius 2 is 1.03 bits per heavy atom. The molecule has 2 bridgehead atoms. The SMILES string of the molecule is CC(=O)Oc1cc(OC(C)=O)cc(N2C(=O)[C@H]3C4c5ccccc5C(c5ccccc54)[C@@H]3C2=O)c1. The fourth-order valence-corrected chi connectivity index (χ4v) is 6.07. The van der Waals surface area contributed by atoms with Crippen LogP contribution in [-0.2, 0) is 19.2 Å². The van der Waals surface area contributed by atoms with Crippen molar-refractivity contribution in [1.29, 1.82) is 0 Å². The topological polar surface area (TPSA) is 90.0 Å². The lowest BCUT2D eigenvalue weighted by atomic mass is 9.55. The number of ether oxygens (including phenoxy) is 2. The molecule has 3 aliphatic carbocycles. The van der Waals surface area contributed by atoms with Crippen LogP contribution in [0.4, 0.5) is 5.69 Å². The second kappa shape index (κ2) is 7.63. The first kappa shape index (κ1) is 21.3. The van der Waals surface area contributed by atoms with Gasteiger partial charge in [-0.05, 0) is 22.3 Å². The zero-order valence-corrected chi connectivity index (χ0v) is 19.1. The minimum Gasteiger partial charge on any atom is -0.427 e. The highest BCUT2D eigenvalue weighted by Crippen LogP contribution is 2.61. The Morgan fingerprint density at radius 3 is 1.37 bits per heavy atom. The van der Waals surface area contributed by atoms with Crippen LogP contribution in [0.5, 0.6) is 11.5 Å². The van der Waals surface area contributed by atoms with Crippen LogP contribution in [0, 0.1) is 11.8 Å². The van der Waals surface area contributed by atoms with E-state index in [1.165, 1.54) is 32.0 Å². The summed E-state index contributed by atoms with van der Waals surface area (Å²) in [5, 5.41) is 0. The number of esters is 2. The highest BCUT2D eigenvalue weighted by molar-refractivity contribution is 6.23. The standard InChI is InChI=1S/C28H21NO6/c1-14(30)34-17-11-16(12-18(13-17)35-15(2)31)29-27(32)25-23-19-7-3-4-8-20(19)24(26(25)28(29)33)22-10-6-5-9-21(22)23/h3-13,23-26H,1-2H3/t23?,24?,25-,26-/m0/s1. The van der Waals surface area contributed by atoms with Crippen molar-refractivity contribution in [3.05, 3.63) is 89.0 Å². The number of rotatable bonds is 3. The van der Waals surface area contributed by atoms with Gasteiger partial charge in [0.15, 0.2) is 0 Å². The lowest BCUT2D eigenvalue weighted by Gasteiger charge is -2.45. The molecule has 3 aromatic carbocycles. The molecule has 1 saturated heterocycles. The maximum Gasteiger partial charge on any atom is 0.308 e. The van der Waals surface area contributed by atoms with Crippen LogP contribution in [-0.4, -0.2) is 23.8 Å². The molecular weight excluding hydrogens is 446 g/mol. The van der Waals surface area contributed by atoms with E-state index in [2.05, 4.69) is 0 Å². The summed E-state index contributed by atoms with van der Waals surface area (Å²) < 4.78 is 10.4. The van der Waals surface area contributed by atoms with Crippen LogP contribution in [0.2, 0.25) is 0 Å². The molecule has 7 nitrogen and oxygen atoms in total. The van der Waals surface area contributed by atoms with E-state index in [-0.39, 0.29) is 40.8 Å². The van der Waals surface area contributed by atoms with Crippen molar-refractivity contribution in [3.8, 4) is 11.5 Å². The molecule has 4 aliphatic rings. The van der Waals surface area contributed by atoms with Gasteiger partial charge in [0.1, 0.15) is 11.5 Å². The van der Waals surface area contributed by atoms with Crippen LogP contribution in [0.3, 0.4) is 0 Å². The Labute approximate surface area is 201 Å². The van der Waals surface area contributed by atoms with E-state index >= 15 is 0 Å². The van der Waals surface area contributed by atoms with Crippen LogP contribution < -0.4 is 14.4 Å². The number of hydrogen-bond donors (Lipinski definition) is 0. The molecule has 1 heterocycles. The summed E-state index contributed by atoms with van der Waals surface area (Å²) in [6.07, 6.45) is 0. The van der Waals surface area contributed by atoms with Crippen LogP contribution in [0.25, 0.3) is 0 Å². The van der Waals surface area contributed by atoms with Crippen molar-refractivity contribution in [2.45, 2.75) is 25.7 Å². The summed E-state index contributed by atoms with van der Waals surface area (Å²) in [6, 6.07) is 20.3. The molecule has 174 valence electrons. The van der Waals surface area contributed by atoms with E-state index in [0.29, 0.717) is 0 Å². The number of benzene rings is 3. The normalized spacial score (nSPS) is 23.4. The van der Waals surface area contributed by atoms with E-state index in [4.69, 9.17) is 9.47 Å². The van der Waals surface area contributed by atoms with Crippen LogP contribution in [0.15, 0.2) is 66.7 Å². The summed E-state index contributed by atoms with van der Waals surface area (Å²) in [5.41, 5.74) is 4.52. The Morgan fingerprint density at radius 1 is 0.657 bits per heavy atom. The van der Waals surface area contributed by atoms with Gasteiger partial charge in [0, 0.05) is 43.9 Å². The van der Waals surface area contributed by atoms with Crippen molar-refractivity contribution in [3.63, 3.8) is 0 Å². The molecule has 0 saturated carbocycles. The third-order valence-corrected chi connectivity index (χ3v) is 7.09. The molecule has 3 aromatic rings. The highest BCUT2D eigenvalue weighted by atomic mass is 16.5. The van der Waals surface area contributed by atoms with Crippen molar-refractivity contribution >= 4 is 29.4 Å². The van der Waals surface area contributed by atoms with Gasteiger partial charge in [-0.2, -0.15) is 0 Å². The minimum atomic E-state index is -0.576. The van der Waals surface area contributed by atoms with E-state index in [1.54, 1.807) is 0 Å². The second-order valence-corrected chi connectivity index (χ2v) is 9.13. The second-order valence-electron chi connectivity index (χ2n) is 9.13. The number of nitrogens with zero attached hydrogens (tertiary/aromatic N) is 1. The monoisotopic (exact) mass is 467 g/mol. The third-order valence-electron chi connectivity index (χ3n) is 7.09. The van der Waals surface area contributed by atoms with Crippen LogP contribution in [0.1, 0.15) is 47.9 Å². The number of carbonyl (C=O) groups excluding carboxylic acids is 4. The van der Waals surface area contributed by atoms with Gasteiger partial charge in [-0.1, -0.05) is 48.5 Å². The molecule has 0 radical (unpaired) electrons. The molecule has 0 spiro atoms. The number of amides is 2. The molecule has 0 unspecified atom stereocenters.